The molecule has 5 nitrogen and oxygen atoms in total. The van der Waals surface area contributed by atoms with Gasteiger partial charge < -0.3 is 9.80 Å². The lowest BCUT2D eigenvalue weighted by atomic mass is 9.99. The van der Waals surface area contributed by atoms with Gasteiger partial charge in [-0.1, -0.05) is 36.4 Å². The molecule has 1 saturated heterocycles. The molecule has 0 spiro atoms. The van der Waals surface area contributed by atoms with Crippen LogP contribution in [0.15, 0.2) is 54.2 Å². The fourth-order valence-electron chi connectivity index (χ4n) is 3.81. The second-order valence-electron chi connectivity index (χ2n) is 7.59. The minimum absolute atomic E-state index is 0.228. The van der Waals surface area contributed by atoms with Gasteiger partial charge in [0.25, 0.3) is 11.8 Å². The van der Waals surface area contributed by atoms with Gasteiger partial charge in [0.15, 0.2) is 0 Å². The van der Waals surface area contributed by atoms with Crippen LogP contribution in [0.4, 0.5) is 5.69 Å². The number of piperazine rings is 1. The molecule has 2 heterocycles. The van der Waals surface area contributed by atoms with Crippen molar-refractivity contribution in [3.63, 3.8) is 0 Å². The molecule has 2 aliphatic rings. The van der Waals surface area contributed by atoms with E-state index in [4.69, 9.17) is 0 Å². The maximum absolute atomic E-state index is 13.4. The van der Waals surface area contributed by atoms with Gasteiger partial charge in [0, 0.05) is 26.2 Å². The fraction of sp³-hybridized carbons (Fsp3) is 0.304. The van der Waals surface area contributed by atoms with Crippen LogP contribution in [0.25, 0.3) is 5.57 Å². The topological polar surface area (TPSA) is 43.9 Å². The lowest BCUT2D eigenvalue weighted by Gasteiger charge is -2.34. The molecular weight excluding hydrogens is 350 g/mol. The summed E-state index contributed by atoms with van der Waals surface area (Å²) < 4.78 is 0. The molecular formula is C23H25N3O2. The van der Waals surface area contributed by atoms with Crippen LogP contribution in [0, 0.1) is 13.8 Å². The molecule has 2 aliphatic heterocycles. The first-order valence-electron chi connectivity index (χ1n) is 9.66. The highest BCUT2D eigenvalue weighted by molar-refractivity contribution is 6.45. The lowest BCUT2D eigenvalue weighted by molar-refractivity contribution is -0.120. The molecule has 0 radical (unpaired) electrons. The monoisotopic (exact) mass is 375 g/mol. The van der Waals surface area contributed by atoms with Crippen molar-refractivity contribution >= 4 is 23.1 Å². The van der Waals surface area contributed by atoms with Crippen molar-refractivity contribution in [3.8, 4) is 0 Å². The zero-order chi connectivity index (χ0) is 19.8. The van der Waals surface area contributed by atoms with Crippen molar-refractivity contribution in [3.05, 3.63) is 70.9 Å². The van der Waals surface area contributed by atoms with Crippen LogP contribution in [0.2, 0.25) is 0 Å². The number of nitrogens with zero attached hydrogens (tertiary/aromatic N) is 3. The Hall–Kier alpha value is -2.92. The van der Waals surface area contributed by atoms with Crippen molar-refractivity contribution < 1.29 is 9.59 Å². The number of hydrogen-bond donors (Lipinski definition) is 0. The average molecular weight is 375 g/mol. The summed E-state index contributed by atoms with van der Waals surface area (Å²) in [4.78, 5) is 32.5. The molecule has 0 atom stereocenters. The van der Waals surface area contributed by atoms with E-state index in [2.05, 4.69) is 16.8 Å². The Morgan fingerprint density at radius 1 is 0.786 bits per heavy atom. The number of carbonyl (C=O) groups is 2. The highest BCUT2D eigenvalue weighted by atomic mass is 16.2. The number of anilines is 1. The molecule has 0 unspecified atom stereocenters. The summed E-state index contributed by atoms with van der Waals surface area (Å²) in [6.07, 6.45) is 0. The first-order valence-corrected chi connectivity index (χ1v) is 9.66. The molecule has 0 aliphatic carbocycles. The van der Waals surface area contributed by atoms with Crippen LogP contribution >= 0.6 is 0 Å². The normalized spacial score (nSPS) is 18.4. The van der Waals surface area contributed by atoms with Gasteiger partial charge in [-0.2, -0.15) is 0 Å². The quantitative estimate of drug-likeness (QED) is 0.774. The molecule has 0 bridgehead atoms. The molecule has 4 rings (SSSR count). The van der Waals surface area contributed by atoms with Gasteiger partial charge in [0.1, 0.15) is 5.70 Å². The Balaban J connectivity index is 1.83. The predicted octanol–water partition coefficient (Wildman–Crippen LogP) is 2.84. The van der Waals surface area contributed by atoms with Crippen molar-refractivity contribution in [2.45, 2.75) is 13.8 Å². The minimum atomic E-state index is -0.242. The first kappa shape index (κ1) is 18.4. The highest BCUT2D eigenvalue weighted by Crippen LogP contribution is 2.35. The summed E-state index contributed by atoms with van der Waals surface area (Å²) in [7, 11) is 2.08. The van der Waals surface area contributed by atoms with Crippen molar-refractivity contribution in [2.24, 2.45) is 0 Å². The molecule has 0 saturated carbocycles. The van der Waals surface area contributed by atoms with E-state index in [1.165, 1.54) is 10.5 Å². The summed E-state index contributed by atoms with van der Waals surface area (Å²) in [5.41, 5.74) is 4.76. The van der Waals surface area contributed by atoms with Crippen LogP contribution in [0.3, 0.4) is 0 Å². The molecule has 2 aromatic rings. The Morgan fingerprint density at radius 3 is 2.11 bits per heavy atom. The SMILES string of the molecule is Cc1ccc(C2=C(N3CCN(C)CC3)C(=O)N(c3ccccc3)C2=O)cc1C. The Kier molecular flexibility index (Phi) is 4.77. The average Bonchev–Trinajstić information content (AvgIpc) is 2.96. The van der Waals surface area contributed by atoms with Crippen LogP contribution in [-0.2, 0) is 9.59 Å². The van der Waals surface area contributed by atoms with Crippen LogP contribution in [0.5, 0.6) is 0 Å². The zero-order valence-electron chi connectivity index (χ0n) is 16.6. The van der Waals surface area contributed by atoms with E-state index in [0.717, 1.165) is 37.3 Å². The Morgan fingerprint density at radius 2 is 1.46 bits per heavy atom. The van der Waals surface area contributed by atoms with Crippen LogP contribution < -0.4 is 4.90 Å². The van der Waals surface area contributed by atoms with E-state index in [1.54, 1.807) is 12.1 Å². The largest absolute Gasteiger partial charge is 0.364 e. The first-order chi connectivity index (χ1) is 13.5. The molecule has 0 aromatic heterocycles. The number of hydrogen-bond acceptors (Lipinski definition) is 4. The fourth-order valence-corrected chi connectivity index (χ4v) is 3.81. The van der Waals surface area contributed by atoms with Crippen molar-refractivity contribution in [1.29, 1.82) is 0 Å². The number of amides is 2. The summed E-state index contributed by atoms with van der Waals surface area (Å²) in [5.74, 6) is -0.470. The van der Waals surface area contributed by atoms with Crippen LogP contribution in [-0.4, -0.2) is 54.8 Å². The highest BCUT2D eigenvalue weighted by Gasteiger charge is 2.42. The van der Waals surface area contributed by atoms with Crippen LogP contribution in [0.1, 0.15) is 16.7 Å². The Labute approximate surface area is 165 Å². The van der Waals surface area contributed by atoms with Crippen molar-refractivity contribution in [1.82, 2.24) is 9.80 Å². The number of benzene rings is 2. The minimum Gasteiger partial charge on any atom is -0.364 e. The predicted molar refractivity (Wildman–Crippen MR) is 111 cm³/mol. The molecule has 2 aromatic carbocycles. The number of imide groups is 1. The zero-order valence-corrected chi connectivity index (χ0v) is 16.6. The maximum Gasteiger partial charge on any atom is 0.282 e. The lowest BCUT2D eigenvalue weighted by Crippen LogP contribution is -2.46. The third-order valence-corrected chi connectivity index (χ3v) is 5.69. The number of rotatable bonds is 3. The second-order valence-corrected chi connectivity index (χ2v) is 7.59. The summed E-state index contributed by atoms with van der Waals surface area (Å²) in [6.45, 7) is 7.30. The van der Waals surface area contributed by atoms with E-state index in [-0.39, 0.29) is 11.8 Å². The molecule has 0 N–H and O–H groups in total. The van der Waals surface area contributed by atoms with E-state index in [1.807, 2.05) is 50.2 Å². The van der Waals surface area contributed by atoms with E-state index < -0.39 is 0 Å². The number of para-hydroxylation sites is 1. The van der Waals surface area contributed by atoms with E-state index in [9.17, 15) is 9.59 Å². The Bertz CT molecular complexity index is 957. The van der Waals surface area contributed by atoms with E-state index in [0.29, 0.717) is 17.0 Å². The van der Waals surface area contributed by atoms with Gasteiger partial charge in [-0.15, -0.1) is 0 Å². The van der Waals surface area contributed by atoms with Gasteiger partial charge in [-0.3, -0.25) is 9.59 Å². The number of aryl methyl sites for hydroxylation is 2. The second kappa shape index (κ2) is 7.24. The number of likely N-dealkylation sites (N-methyl/N-ethyl adjacent to an activating group) is 1. The molecule has 5 heteroatoms. The van der Waals surface area contributed by atoms with E-state index >= 15 is 0 Å². The maximum atomic E-state index is 13.4. The molecule has 28 heavy (non-hydrogen) atoms. The molecule has 2 amide bonds. The van der Waals surface area contributed by atoms with Gasteiger partial charge >= 0.3 is 0 Å². The van der Waals surface area contributed by atoms with Gasteiger partial charge in [0.05, 0.1) is 11.3 Å². The standard InChI is InChI=1S/C23H25N3O2/c1-16-9-10-18(15-17(16)2)20-21(25-13-11-24(3)12-14-25)23(28)26(22(20)27)19-7-5-4-6-8-19/h4-10,15H,11-14H2,1-3H3. The third kappa shape index (κ3) is 3.12. The third-order valence-electron chi connectivity index (χ3n) is 5.69. The van der Waals surface area contributed by atoms with Gasteiger partial charge in [0.2, 0.25) is 0 Å². The summed E-state index contributed by atoms with van der Waals surface area (Å²) in [6, 6.07) is 15.2. The van der Waals surface area contributed by atoms with Gasteiger partial charge in [-0.25, -0.2) is 4.90 Å². The smallest absolute Gasteiger partial charge is 0.282 e. The summed E-state index contributed by atoms with van der Waals surface area (Å²) >= 11 is 0. The van der Waals surface area contributed by atoms with Crippen molar-refractivity contribution in [2.75, 3.05) is 38.1 Å². The number of carbonyl (C=O) groups excluding carboxylic acids is 2. The van der Waals surface area contributed by atoms with Gasteiger partial charge in [-0.05, 0) is 49.7 Å². The molecule has 1 fully saturated rings. The summed E-state index contributed by atoms with van der Waals surface area (Å²) in [5, 5.41) is 0. The molecule has 144 valence electrons.